The minimum absolute atomic E-state index is 0.0514. The lowest BCUT2D eigenvalue weighted by Crippen LogP contribution is -2.41. The van der Waals surface area contributed by atoms with E-state index in [1.807, 2.05) is 6.20 Å². The van der Waals surface area contributed by atoms with E-state index in [4.69, 9.17) is 0 Å². The predicted molar refractivity (Wildman–Crippen MR) is 66.7 cm³/mol. The van der Waals surface area contributed by atoms with Crippen LogP contribution in [-0.4, -0.2) is 27.5 Å². The molecule has 2 fully saturated rings. The number of amides is 1. The average molecular weight is 245 g/mol. The number of hydrogen-bond acceptors (Lipinski definition) is 2. The number of carbonyl (C=O) groups is 1. The Balaban J connectivity index is 1.53. The number of nitrogens with zero attached hydrogens (tertiary/aromatic N) is 2. The molecule has 3 aliphatic rings. The van der Waals surface area contributed by atoms with E-state index in [1.165, 1.54) is 24.8 Å². The largest absolute Gasteiger partial charge is 0.336 e. The fraction of sp³-hybridized carbons (Fsp3) is 0.714. The first-order valence-electron chi connectivity index (χ1n) is 7.10. The monoisotopic (exact) mass is 245 g/mol. The third-order valence-electron chi connectivity index (χ3n) is 5.18. The van der Waals surface area contributed by atoms with Crippen LogP contribution >= 0.6 is 0 Å². The molecule has 1 aromatic heterocycles. The van der Waals surface area contributed by atoms with Gasteiger partial charge in [-0.15, -0.1) is 0 Å². The Kier molecular flexibility index (Phi) is 2.11. The lowest BCUT2D eigenvalue weighted by atomic mass is 9.87. The molecule has 4 heteroatoms. The number of aromatic amines is 1. The zero-order valence-electron chi connectivity index (χ0n) is 10.6. The number of rotatable bonds is 1. The molecular formula is C14H19N3O. The van der Waals surface area contributed by atoms with Crippen molar-refractivity contribution in [2.24, 2.45) is 11.3 Å². The number of hydrogen-bond donors (Lipinski definition) is 1. The summed E-state index contributed by atoms with van der Waals surface area (Å²) in [5.74, 6) is 1.12. The topological polar surface area (TPSA) is 49.0 Å². The van der Waals surface area contributed by atoms with E-state index in [2.05, 4.69) is 15.1 Å². The molecule has 2 heterocycles. The molecule has 0 bridgehead atoms. The van der Waals surface area contributed by atoms with E-state index in [0.717, 1.165) is 38.0 Å². The lowest BCUT2D eigenvalue weighted by molar-refractivity contribution is -0.139. The summed E-state index contributed by atoms with van der Waals surface area (Å²) in [6.07, 6.45) is 8.97. The fourth-order valence-corrected chi connectivity index (χ4v) is 3.97. The molecule has 1 amide bonds. The summed E-state index contributed by atoms with van der Waals surface area (Å²) in [6.45, 7) is 1.61. The fourth-order valence-electron chi connectivity index (χ4n) is 3.97. The number of aromatic nitrogens is 2. The second-order valence-corrected chi connectivity index (χ2v) is 6.15. The van der Waals surface area contributed by atoms with E-state index < -0.39 is 0 Å². The van der Waals surface area contributed by atoms with Crippen molar-refractivity contribution in [3.05, 3.63) is 17.5 Å². The van der Waals surface area contributed by atoms with Crippen LogP contribution in [0.5, 0.6) is 0 Å². The minimum Gasteiger partial charge on any atom is -0.336 e. The number of H-pyrrole nitrogens is 1. The molecule has 4 nitrogen and oxygen atoms in total. The lowest BCUT2D eigenvalue weighted by Gasteiger charge is -2.32. The Bertz CT molecular complexity index is 495. The number of nitrogens with one attached hydrogen (secondary N) is 1. The maximum Gasteiger partial charge on any atom is 0.229 e. The van der Waals surface area contributed by atoms with Crippen molar-refractivity contribution in [2.45, 2.75) is 45.1 Å². The Labute approximate surface area is 107 Å². The SMILES string of the molecule is O=C(N1CCc2cn[nH]c2C1)C12CCCCC1C2. The van der Waals surface area contributed by atoms with Gasteiger partial charge >= 0.3 is 0 Å². The molecule has 1 N–H and O–H groups in total. The average Bonchev–Trinajstić information content (AvgIpc) is 2.99. The van der Waals surface area contributed by atoms with Crippen molar-refractivity contribution in [1.29, 1.82) is 0 Å². The highest BCUT2D eigenvalue weighted by Crippen LogP contribution is 2.62. The Morgan fingerprint density at radius 2 is 2.44 bits per heavy atom. The molecule has 0 spiro atoms. The van der Waals surface area contributed by atoms with Crippen LogP contribution in [0, 0.1) is 11.3 Å². The first-order chi connectivity index (χ1) is 8.79. The van der Waals surface area contributed by atoms with E-state index in [-0.39, 0.29) is 5.41 Å². The van der Waals surface area contributed by atoms with Crippen LogP contribution in [0.2, 0.25) is 0 Å². The molecule has 2 atom stereocenters. The molecule has 4 rings (SSSR count). The second-order valence-electron chi connectivity index (χ2n) is 6.15. The van der Waals surface area contributed by atoms with Crippen LogP contribution in [0.15, 0.2) is 6.20 Å². The zero-order chi connectivity index (χ0) is 12.2. The molecular weight excluding hydrogens is 226 g/mol. The van der Waals surface area contributed by atoms with Crippen LogP contribution in [0.3, 0.4) is 0 Å². The van der Waals surface area contributed by atoms with Gasteiger partial charge in [-0.1, -0.05) is 12.8 Å². The van der Waals surface area contributed by atoms with Gasteiger partial charge in [0.1, 0.15) is 0 Å². The van der Waals surface area contributed by atoms with Gasteiger partial charge in [0.05, 0.1) is 23.9 Å². The smallest absolute Gasteiger partial charge is 0.229 e. The number of carbonyl (C=O) groups excluding carboxylic acids is 1. The van der Waals surface area contributed by atoms with Crippen molar-refractivity contribution in [2.75, 3.05) is 6.54 Å². The van der Waals surface area contributed by atoms with Gasteiger partial charge in [-0.05, 0) is 37.2 Å². The van der Waals surface area contributed by atoms with Gasteiger partial charge in [-0.25, -0.2) is 0 Å². The van der Waals surface area contributed by atoms with Crippen molar-refractivity contribution in [1.82, 2.24) is 15.1 Å². The summed E-state index contributed by atoms with van der Waals surface area (Å²) in [5, 5.41) is 7.10. The highest BCUT2D eigenvalue weighted by atomic mass is 16.2. The molecule has 0 aromatic carbocycles. The summed E-state index contributed by atoms with van der Waals surface area (Å²) in [7, 11) is 0. The van der Waals surface area contributed by atoms with Gasteiger partial charge < -0.3 is 4.90 Å². The summed E-state index contributed by atoms with van der Waals surface area (Å²) < 4.78 is 0. The molecule has 1 aromatic rings. The quantitative estimate of drug-likeness (QED) is 0.821. The van der Waals surface area contributed by atoms with E-state index in [9.17, 15) is 4.79 Å². The second kappa shape index (κ2) is 3.59. The molecule has 2 aliphatic carbocycles. The van der Waals surface area contributed by atoms with E-state index in [0.29, 0.717) is 11.8 Å². The predicted octanol–water partition coefficient (Wildman–Crippen LogP) is 1.87. The summed E-state index contributed by atoms with van der Waals surface area (Å²) in [6, 6.07) is 0. The summed E-state index contributed by atoms with van der Waals surface area (Å²) in [5.41, 5.74) is 2.47. The van der Waals surface area contributed by atoms with E-state index in [1.54, 1.807) is 0 Å². The van der Waals surface area contributed by atoms with Crippen molar-refractivity contribution < 1.29 is 4.79 Å². The minimum atomic E-state index is 0.0514. The van der Waals surface area contributed by atoms with Crippen LogP contribution in [0.4, 0.5) is 0 Å². The van der Waals surface area contributed by atoms with Crippen LogP contribution in [0.25, 0.3) is 0 Å². The Hall–Kier alpha value is -1.32. The Morgan fingerprint density at radius 3 is 3.33 bits per heavy atom. The maximum absolute atomic E-state index is 12.7. The molecule has 18 heavy (non-hydrogen) atoms. The van der Waals surface area contributed by atoms with Gasteiger partial charge in [0.15, 0.2) is 0 Å². The van der Waals surface area contributed by atoms with Gasteiger partial charge in [-0.3, -0.25) is 9.89 Å². The standard InChI is InChI=1S/C14H19N3O/c18-13(14-5-2-1-3-11(14)7-14)17-6-4-10-8-15-16-12(10)9-17/h8,11H,1-7,9H2,(H,15,16). The van der Waals surface area contributed by atoms with Crippen molar-refractivity contribution >= 4 is 5.91 Å². The summed E-state index contributed by atoms with van der Waals surface area (Å²) >= 11 is 0. The number of fused-ring (bicyclic) bond motifs is 2. The Morgan fingerprint density at radius 1 is 1.50 bits per heavy atom. The third kappa shape index (κ3) is 1.38. The molecule has 96 valence electrons. The molecule has 1 aliphatic heterocycles. The van der Waals surface area contributed by atoms with Crippen LogP contribution in [-0.2, 0) is 17.8 Å². The highest BCUT2D eigenvalue weighted by Gasteiger charge is 2.61. The van der Waals surface area contributed by atoms with Gasteiger partial charge in [-0.2, -0.15) is 5.10 Å². The third-order valence-corrected chi connectivity index (χ3v) is 5.18. The normalized spacial score (nSPS) is 33.8. The van der Waals surface area contributed by atoms with Crippen molar-refractivity contribution in [3.63, 3.8) is 0 Å². The van der Waals surface area contributed by atoms with Gasteiger partial charge in [0.25, 0.3) is 0 Å². The maximum atomic E-state index is 12.7. The van der Waals surface area contributed by atoms with Crippen LogP contribution in [0.1, 0.15) is 43.4 Å². The van der Waals surface area contributed by atoms with Crippen LogP contribution < -0.4 is 0 Å². The zero-order valence-corrected chi connectivity index (χ0v) is 10.6. The first-order valence-corrected chi connectivity index (χ1v) is 7.10. The molecule has 0 saturated heterocycles. The molecule has 2 unspecified atom stereocenters. The molecule has 0 radical (unpaired) electrons. The summed E-state index contributed by atoms with van der Waals surface area (Å²) in [4.78, 5) is 14.8. The van der Waals surface area contributed by atoms with Crippen molar-refractivity contribution in [3.8, 4) is 0 Å². The highest BCUT2D eigenvalue weighted by molar-refractivity contribution is 5.86. The first kappa shape index (κ1) is 10.6. The van der Waals surface area contributed by atoms with E-state index >= 15 is 0 Å². The molecule has 2 saturated carbocycles. The van der Waals surface area contributed by atoms with Gasteiger partial charge in [0, 0.05) is 6.54 Å². The van der Waals surface area contributed by atoms with Gasteiger partial charge in [0.2, 0.25) is 5.91 Å².